The number of hydrogen-bond donors (Lipinski definition) is 0. The topological polar surface area (TPSA) is 30.7 Å². The summed E-state index contributed by atoms with van der Waals surface area (Å²) in [4.78, 5) is 4.61. The number of para-hydroxylation sites is 1. The van der Waals surface area contributed by atoms with E-state index >= 15 is 0 Å². The highest BCUT2D eigenvalue weighted by Gasteiger charge is 2.13. The zero-order valence-electron chi connectivity index (χ0n) is 10.9. The van der Waals surface area contributed by atoms with Gasteiger partial charge in [0.1, 0.15) is 0 Å². The summed E-state index contributed by atoms with van der Waals surface area (Å²) in [7, 11) is 0. The monoisotopic (exact) mass is 271 g/mol. The molecule has 0 unspecified atom stereocenters. The number of pyridine rings is 1. The second-order valence-corrected chi connectivity index (χ2v) is 4.90. The number of nitrogens with zero attached hydrogens (tertiary/aromatic N) is 3. The first-order valence-electron chi connectivity index (χ1n) is 6.17. The van der Waals surface area contributed by atoms with Crippen molar-refractivity contribution in [3.8, 4) is 5.82 Å². The van der Waals surface area contributed by atoms with Gasteiger partial charge in [-0.1, -0.05) is 18.2 Å². The van der Waals surface area contributed by atoms with Crippen LogP contribution in [0.25, 0.3) is 16.7 Å². The van der Waals surface area contributed by atoms with Crippen LogP contribution in [-0.2, 0) is 5.88 Å². The molecule has 0 fully saturated rings. The molecule has 0 aliphatic rings. The van der Waals surface area contributed by atoms with Crippen molar-refractivity contribution in [2.24, 2.45) is 0 Å². The highest BCUT2D eigenvalue weighted by atomic mass is 35.5. The van der Waals surface area contributed by atoms with Crippen molar-refractivity contribution >= 4 is 22.5 Å². The van der Waals surface area contributed by atoms with Crippen LogP contribution in [0.15, 0.2) is 36.5 Å². The van der Waals surface area contributed by atoms with E-state index in [1.165, 1.54) is 0 Å². The molecule has 96 valence electrons. The summed E-state index contributed by atoms with van der Waals surface area (Å²) >= 11 is 6.08. The SMILES string of the molecule is Cc1cc(C)c(CCl)c(-n2ncc3ccccc32)n1. The molecule has 3 nitrogen and oxygen atoms in total. The average Bonchev–Trinajstić information content (AvgIpc) is 2.81. The Balaban J connectivity index is 2.32. The molecule has 1 aromatic carbocycles. The predicted octanol–water partition coefficient (Wildman–Crippen LogP) is 3.78. The zero-order chi connectivity index (χ0) is 13.4. The Morgan fingerprint density at radius 1 is 1.21 bits per heavy atom. The third kappa shape index (κ3) is 2.00. The maximum absolute atomic E-state index is 6.08. The van der Waals surface area contributed by atoms with Crippen molar-refractivity contribution in [2.75, 3.05) is 0 Å². The summed E-state index contributed by atoms with van der Waals surface area (Å²) in [6.45, 7) is 4.04. The molecule has 3 aromatic rings. The van der Waals surface area contributed by atoms with E-state index in [4.69, 9.17) is 11.6 Å². The number of rotatable bonds is 2. The molecule has 0 bridgehead atoms. The summed E-state index contributed by atoms with van der Waals surface area (Å²) in [6, 6.07) is 10.1. The first-order valence-corrected chi connectivity index (χ1v) is 6.70. The lowest BCUT2D eigenvalue weighted by Gasteiger charge is -2.11. The van der Waals surface area contributed by atoms with E-state index in [1.807, 2.05) is 48.1 Å². The number of fused-ring (bicyclic) bond motifs is 1. The molecular weight excluding hydrogens is 258 g/mol. The molecule has 0 saturated carbocycles. The van der Waals surface area contributed by atoms with Crippen LogP contribution in [0, 0.1) is 13.8 Å². The van der Waals surface area contributed by atoms with Crippen LogP contribution < -0.4 is 0 Å². The lowest BCUT2D eigenvalue weighted by atomic mass is 10.1. The molecule has 0 amide bonds. The number of aromatic nitrogens is 3. The fourth-order valence-electron chi connectivity index (χ4n) is 2.32. The third-order valence-electron chi connectivity index (χ3n) is 3.27. The Kier molecular flexibility index (Phi) is 2.99. The lowest BCUT2D eigenvalue weighted by Crippen LogP contribution is -2.06. The van der Waals surface area contributed by atoms with E-state index in [-0.39, 0.29) is 0 Å². The summed E-state index contributed by atoms with van der Waals surface area (Å²) in [5, 5.41) is 5.55. The van der Waals surface area contributed by atoms with Gasteiger partial charge in [-0.2, -0.15) is 5.10 Å². The fourth-order valence-corrected chi connectivity index (χ4v) is 2.65. The quantitative estimate of drug-likeness (QED) is 0.664. The third-order valence-corrected chi connectivity index (χ3v) is 3.53. The smallest absolute Gasteiger partial charge is 0.158 e. The normalized spacial score (nSPS) is 11.1. The molecule has 2 aromatic heterocycles. The van der Waals surface area contributed by atoms with Gasteiger partial charge < -0.3 is 0 Å². The van der Waals surface area contributed by atoms with Gasteiger partial charge in [0.25, 0.3) is 0 Å². The van der Waals surface area contributed by atoms with Gasteiger partial charge in [-0.15, -0.1) is 11.6 Å². The summed E-state index contributed by atoms with van der Waals surface area (Å²) in [5.41, 5.74) is 4.20. The molecule has 0 aliphatic carbocycles. The van der Waals surface area contributed by atoms with Crippen LogP contribution in [0.2, 0.25) is 0 Å². The van der Waals surface area contributed by atoms with Gasteiger partial charge in [0.05, 0.1) is 17.6 Å². The van der Waals surface area contributed by atoms with Gasteiger partial charge >= 0.3 is 0 Å². The molecule has 3 rings (SSSR count). The second-order valence-electron chi connectivity index (χ2n) is 4.63. The number of benzene rings is 1. The lowest BCUT2D eigenvalue weighted by molar-refractivity contribution is 0.851. The van der Waals surface area contributed by atoms with Gasteiger partial charge in [-0.25, -0.2) is 9.67 Å². The van der Waals surface area contributed by atoms with Gasteiger partial charge in [-0.3, -0.25) is 0 Å². The second kappa shape index (κ2) is 4.67. The van der Waals surface area contributed by atoms with E-state index in [2.05, 4.69) is 17.0 Å². The average molecular weight is 272 g/mol. The Labute approximate surface area is 116 Å². The highest BCUT2D eigenvalue weighted by molar-refractivity contribution is 6.17. The van der Waals surface area contributed by atoms with Crippen molar-refractivity contribution < 1.29 is 0 Å². The first kappa shape index (κ1) is 12.2. The summed E-state index contributed by atoms with van der Waals surface area (Å²) in [6.07, 6.45) is 1.85. The van der Waals surface area contributed by atoms with Gasteiger partial charge in [0, 0.05) is 16.6 Å². The van der Waals surface area contributed by atoms with Crippen LogP contribution in [0.1, 0.15) is 16.8 Å². The van der Waals surface area contributed by atoms with Crippen LogP contribution in [-0.4, -0.2) is 14.8 Å². The Bertz CT molecular complexity index is 746. The van der Waals surface area contributed by atoms with E-state index in [9.17, 15) is 0 Å². The first-order chi connectivity index (χ1) is 9.20. The van der Waals surface area contributed by atoms with E-state index < -0.39 is 0 Å². The molecule has 4 heteroatoms. The van der Waals surface area contributed by atoms with Crippen LogP contribution in [0.5, 0.6) is 0 Å². The molecule has 0 saturated heterocycles. The van der Waals surface area contributed by atoms with Crippen molar-refractivity contribution in [1.29, 1.82) is 0 Å². The molecule has 19 heavy (non-hydrogen) atoms. The summed E-state index contributed by atoms with van der Waals surface area (Å²) in [5.74, 6) is 1.26. The van der Waals surface area contributed by atoms with E-state index in [1.54, 1.807) is 0 Å². The van der Waals surface area contributed by atoms with Gasteiger partial charge in [0.2, 0.25) is 0 Å². The predicted molar refractivity (Wildman–Crippen MR) is 77.9 cm³/mol. The van der Waals surface area contributed by atoms with Crippen LogP contribution in [0.3, 0.4) is 0 Å². The highest BCUT2D eigenvalue weighted by Crippen LogP contribution is 2.23. The number of aryl methyl sites for hydroxylation is 2. The largest absolute Gasteiger partial charge is 0.234 e. The van der Waals surface area contributed by atoms with E-state index in [0.29, 0.717) is 5.88 Å². The molecular formula is C15H14ClN3. The molecule has 0 radical (unpaired) electrons. The Morgan fingerprint density at radius 3 is 2.79 bits per heavy atom. The minimum Gasteiger partial charge on any atom is -0.234 e. The summed E-state index contributed by atoms with van der Waals surface area (Å²) < 4.78 is 1.87. The number of alkyl halides is 1. The maximum atomic E-state index is 6.08. The Hall–Kier alpha value is -1.87. The molecule has 0 spiro atoms. The van der Waals surface area contributed by atoms with Gasteiger partial charge in [-0.05, 0) is 31.5 Å². The molecule has 0 N–H and O–H groups in total. The number of halogens is 1. The van der Waals surface area contributed by atoms with Crippen molar-refractivity contribution in [1.82, 2.24) is 14.8 Å². The van der Waals surface area contributed by atoms with Crippen LogP contribution >= 0.6 is 11.6 Å². The molecule has 2 heterocycles. The molecule has 0 atom stereocenters. The minimum absolute atomic E-state index is 0.433. The maximum Gasteiger partial charge on any atom is 0.158 e. The van der Waals surface area contributed by atoms with E-state index in [0.717, 1.165) is 33.5 Å². The van der Waals surface area contributed by atoms with Crippen molar-refractivity contribution in [3.63, 3.8) is 0 Å². The van der Waals surface area contributed by atoms with Gasteiger partial charge in [0.15, 0.2) is 5.82 Å². The van der Waals surface area contributed by atoms with Crippen molar-refractivity contribution in [3.05, 3.63) is 53.3 Å². The zero-order valence-corrected chi connectivity index (χ0v) is 11.6. The Morgan fingerprint density at radius 2 is 2.00 bits per heavy atom. The minimum atomic E-state index is 0.433. The molecule has 0 aliphatic heterocycles. The van der Waals surface area contributed by atoms with Crippen molar-refractivity contribution in [2.45, 2.75) is 19.7 Å². The van der Waals surface area contributed by atoms with Crippen LogP contribution in [0.4, 0.5) is 0 Å². The number of hydrogen-bond acceptors (Lipinski definition) is 2. The standard InChI is InChI=1S/C15H14ClN3/c1-10-7-11(2)18-15(13(10)8-16)19-14-6-4-3-5-12(14)9-17-19/h3-7,9H,8H2,1-2H3. The fraction of sp³-hybridized carbons (Fsp3) is 0.200.